The quantitative estimate of drug-likeness (QED) is 0.0967. The molecule has 63 heavy (non-hydrogen) atoms. The fraction of sp³-hybridized carbons (Fsp3) is 0.956. The molecule has 364 valence electrons. The Hall–Kier alpha value is -0.980. The highest BCUT2D eigenvalue weighted by molar-refractivity contribution is 5.28. The molecule has 3 aliphatic heterocycles. The minimum atomic E-state index is -1.74. The Morgan fingerprint density at radius 3 is 1.94 bits per heavy atom. The van der Waals surface area contributed by atoms with E-state index >= 15 is 0 Å². The number of aliphatic hydroxyl groups is 12. The molecule has 0 aromatic carbocycles. The molecule has 6 fully saturated rings. The van der Waals surface area contributed by atoms with Crippen LogP contribution in [0.1, 0.15) is 92.9 Å². The van der Waals surface area contributed by atoms with Crippen molar-refractivity contribution >= 4 is 0 Å². The first kappa shape index (κ1) is 49.9. The van der Waals surface area contributed by atoms with Crippen molar-refractivity contribution in [3.05, 3.63) is 11.6 Å². The van der Waals surface area contributed by atoms with Gasteiger partial charge < -0.3 is 89.7 Å². The highest BCUT2D eigenvalue weighted by Gasteiger charge is 2.65. The van der Waals surface area contributed by atoms with Crippen molar-refractivity contribution < 1.29 is 89.7 Å². The van der Waals surface area contributed by atoms with Crippen LogP contribution in [0.3, 0.4) is 0 Å². The predicted octanol–water partition coefficient (Wildman–Crippen LogP) is -1.20. The number of fused-ring (bicyclic) bond motifs is 5. The van der Waals surface area contributed by atoms with Gasteiger partial charge in [0.2, 0.25) is 0 Å². The highest BCUT2D eigenvalue weighted by Crippen LogP contribution is 2.68. The van der Waals surface area contributed by atoms with Crippen LogP contribution in [0.25, 0.3) is 0 Å². The number of hydrogen-bond acceptors (Lipinski definition) is 18. The van der Waals surface area contributed by atoms with Gasteiger partial charge in [-0.1, -0.05) is 46.3 Å². The van der Waals surface area contributed by atoms with Crippen molar-refractivity contribution in [1.29, 1.82) is 0 Å². The van der Waals surface area contributed by atoms with Crippen LogP contribution < -0.4 is 0 Å². The van der Waals surface area contributed by atoms with E-state index in [0.29, 0.717) is 31.6 Å². The van der Waals surface area contributed by atoms with Crippen molar-refractivity contribution in [2.75, 3.05) is 13.2 Å². The third kappa shape index (κ3) is 9.08. The summed E-state index contributed by atoms with van der Waals surface area (Å²) in [6, 6.07) is 0. The summed E-state index contributed by atoms with van der Waals surface area (Å²) in [5.74, 6) is -0.0321. The number of hydrogen-bond donors (Lipinski definition) is 12. The van der Waals surface area contributed by atoms with Gasteiger partial charge in [0.05, 0.1) is 43.7 Å². The number of aliphatic hydroxyl groups excluding tert-OH is 12. The third-order valence-corrected chi connectivity index (χ3v) is 16.8. The van der Waals surface area contributed by atoms with Crippen LogP contribution in [0.5, 0.6) is 0 Å². The van der Waals surface area contributed by atoms with E-state index in [1.54, 1.807) is 0 Å². The molecule has 3 heterocycles. The van der Waals surface area contributed by atoms with Crippen molar-refractivity contribution in [1.82, 2.24) is 0 Å². The molecule has 3 saturated heterocycles. The molecular formula is C45H76O18. The second-order valence-electron chi connectivity index (χ2n) is 20.9. The van der Waals surface area contributed by atoms with Crippen LogP contribution in [0.15, 0.2) is 11.6 Å². The van der Waals surface area contributed by atoms with E-state index in [9.17, 15) is 61.3 Å². The summed E-state index contributed by atoms with van der Waals surface area (Å²) in [6.07, 6.45) is -18.1. The lowest BCUT2D eigenvalue weighted by molar-refractivity contribution is -0.374. The molecule has 4 aliphatic carbocycles. The van der Waals surface area contributed by atoms with E-state index in [-0.39, 0.29) is 41.4 Å². The average molecular weight is 905 g/mol. The molecule has 0 bridgehead atoms. The zero-order chi connectivity index (χ0) is 46.0. The Morgan fingerprint density at radius 2 is 1.30 bits per heavy atom. The molecular weight excluding hydrogens is 828 g/mol. The molecule has 0 amide bonds. The maximum Gasteiger partial charge on any atom is 0.187 e. The lowest BCUT2D eigenvalue weighted by Crippen LogP contribution is -2.65. The monoisotopic (exact) mass is 905 g/mol. The van der Waals surface area contributed by atoms with Gasteiger partial charge in [0.1, 0.15) is 67.1 Å². The van der Waals surface area contributed by atoms with Crippen LogP contribution in [0.4, 0.5) is 0 Å². The largest absolute Gasteiger partial charge is 0.394 e. The molecule has 0 radical (unpaired) electrons. The maximum absolute atomic E-state index is 11.7. The summed E-state index contributed by atoms with van der Waals surface area (Å²) >= 11 is 0. The molecule has 18 nitrogen and oxygen atoms in total. The molecule has 0 spiro atoms. The number of allylic oxidation sites excluding steroid dienone is 1. The fourth-order valence-corrected chi connectivity index (χ4v) is 13.1. The standard InChI is InChI=1S/C45H76O18/c1-18(2)7-10-26(49)19(3)31-27(59-42-39(57)36(54)33(51)28(16-46)60-42)15-25-23-9-8-21-13-22(48)14-30(45(21,6)24(23)11-12-44(25,31)5)62-43-40(37(55)34(52)29(17-47)61-43)63-41-38(56)35(53)32(50)20(4)58-41/h8,18-20,22-43,46-57H,7,9-17H2,1-6H3. The summed E-state index contributed by atoms with van der Waals surface area (Å²) in [4.78, 5) is 0. The van der Waals surface area contributed by atoms with E-state index in [2.05, 4.69) is 33.8 Å². The van der Waals surface area contributed by atoms with Gasteiger partial charge in [-0.25, -0.2) is 0 Å². The Morgan fingerprint density at radius 1 is 0.698 bits per heavy atom. The SMILES string of the molecule is CC(C)CCC(O)C(C)C1C(OC2OC(CO)C(O)C(O)C2O)CC2C3CC=C4CC(O)CC(OC5OC(CO)C(O)C(O)C5OC5OC(C)C(O)C(O)C5O)C4(C)C3CCC21C. The Kier molecular flexibility index (Phi) is 15.5. The molecule has 26 unspecified atom stereocenters. The van der Waals surface area contributed by atoms with E-state index < -0.39 is 135 Å². The molecule has 12 N–H and O–H groups in total. The second-order valence-corrected chi connectivity index (χ2v) is 20.9. The normalized spacial score (nSPS) is 52.4. The average Bonchev–Trinajstić information content (AvgIpc) is 3.55. The minimum absolute atomic E-state index is 0.0180. The zero-order valence-electron chi connectivity index (χ0n) is 37.4. The van der Waals surface area contributed by atoms with E-state index in [1.165, 1.54) is 6.92 Å². The molecule has 3 saturated carbocycles. The Labute approximate surface area is 369 Å². The number of ether oxygens (including phenoxy) is 6. The second kappa shape index (κ2) is 19.6. The smallest absolute Gasteiger partial charge is 0.187 e. The van der Waals surface area contributed by atoms with Gasteiger partial charge >= 0.3 is 0 Å². The highest BCUT2D eigenvalue weighted by atomic mass is 16.8. The van der Waals surface area contributed by atoms with E-state index in [4.69, 9.17) is 28.4 Å². The van der Waals surface area contributed by atoms with Crippen LogP contribution in [0.2, 0.25) is 0 Å². The molecule has 26 atom stereocenters. The van der Waals surface area contributed by atoms with Crippen molar-refractivity contribution in [3.63, 3.8) is 0 Å². The molecule has 0 aromatic heterocycles. The zero-order valence-corrected chi connectivity index (χ0v) is 37.4. The maximum atomic E-state index is 11.7. The number of rotatable bonds is 13. The van der Waals surface area contributed by atoms with E-state index in [1.807, 2.05) is 6.92 Å². The molecule has 7 aliphatic rings. The topological polar surface area (TPSA) is 298 Å². The third-order valence-electron chi connectivity index (χ3n) is 16.8. The Bertz CT molecular complexity index is 1550. The van der Waals surface area contributed by atoms with Crippen molar-refractivity contribution in [2.24, 2.45) is 46.3 Å². The van der Waals surface area contributed by atoms with Gasteiger partial charge in [-0.3, -0.25) is 0 Å². The van der Waals surface area contributed by atoms with Crippen LogP contribution in [0, 0.1) is 46.3 Å². The van der Waals surface area contributed by atoms with Gasteiger partial charge in [-0.15, -0.1) is 0 Å². The minimum Gasteiger partial charge on any atom is -0.394 e. The van der Waals surface area contributed by atoms with Crippen molar-refractivity contribution in [3.8, 4) is 0 Å². The Balaban J connectivity index is 1.19. The van der Waals surface area contributed by atoms with E-state index in [0.717, 1.165) is 24.8 Å². The summed E-state index contributed by atoms with van der Waals surface area (Å²) in [5, 5.41) is 130. The lowest BCUT2D eigenvalue weighted by Gasteiger charge is -2.60. The first-order valence-electron chi connectivity index (χ1n) is 23.3. The van der Waals surface area contributed by atoms with Crippen LogP contribution in [-0.2, 0) is 28.4 Å². The van der Waals surface area contributed by atoms with Gasteiger partial charge in [0.15, 0.2) is 18.9 Å². The van der Waals surface area contributed by atoms with Gasteiger partial charge in [0.25, 0.3) is 0 Å². The summed E-state index contributed by atoms with van der Waals surface area (Å²) in [5.41, 5.74) is -0.0842. The van der Waals surface area contributed by atoms with Gasteiger partial charge in [-0.2, -0.15) is 0 Å². The fourth-order valence-electron chi connectivity index (χ4n) is 13.1. The summed E-state index contributed by atoms with van der Waals surface area (Å²) in [6.45, 7) is 10.8. The lowest BCUT2D eigenvalue weighted by atomic mass is 9.46. The summed E-state index contributed by atoms with van der Waals surface area (Å²) in [7, 11) is 0. The molecule has 7 rings (SSSR count). The predicted molar refractivity (Wildman–Crippen MR) is 220 cm³/mol. The van der Waals surface area contributed by atoms with Crippen molar-refractivity contribution in [2.45, 2.75) is 209 Å². The first-order valence-corrected chi connectivity index (χ1v) is 23.3. The summed E-state index contributed by atoms with van der Waals surface area (Å²) < 4.78 is 37.3. The molecule has 18 heteroatoms. The molecule has 0 aromatic rings. The first-order chi connectivity index (χ1) is 29.7. The van der Waals surface area contributed by atoms with Crippen LogP contribution in [-0.4, -0.2) is 191 Å². The van der Waals surface area contributed by atoms with Gasteiger partial charge in [0, 0.05) is 11.8 Å². The van der Waals surface area contributed by atoms with Gasteiger partial charge in [-0.05, 0) is 92.8 Å². The van der Waals surface area contributed by atoms with Crippen LogP contribution >= 0.6 is 0 Å².